The molecule has 6 nitrogen and oxygen atoms in total. The van der Waals surface area contributed by atoms with Gasteiger partial charge in [0.25, 0.3) is 5.69 Å². The fourth-order valence-corrected chi connectivity index (χ4v) is 6.40. The summed E-state index contributed by atoms with van der Waals surface area (Å²) in [5.74, 6) is -0.721. The number of aliphatic hydroxyl groups excluding tert-OH is 1. The average molecular weight is 556 g/mol. The van der Waals surface area contributed by atoms with Gasteiger partial charge in [-0.05, 0) is 41.2 Å². The molecule has 0 heterocycles. The number of nitro benzene ring substituents is 1. The molecule has 0 aliphatic heterocycles. The Balaban J connectivity index is 1.65. The average Bonchev–Trinajstić information content (AvgIpc) is 2.98. The molecule has 0 aliphatic carbocycles. The molecule has 4 rings (SSSR count). The van der Waals surface area contributed by atoms with Gasteiger partial charge in [-0.15, -0.1) is 11.8 Å². The molecular weight excluding hydrogens is 522 g/mol. The Morgan fingerprint density at radius 3 is 1.68 bits per heavy atom. The van der Waals surface area contributed by atoms with Crippen molar-refractivity contribution >= 4 is 23.4 Å². The number of nitrogens with zero attached hydrogens (tertiary/aromatic N) is 1. The topological polar surface area (TPSA) is 89.7 Å². The van der Waals surface area contributed by atoms with Gasteiger partial charge in [-0.25, -0.2) is 0 Å². The molecule has 40 heavy (non-hydrogen) atoms. The lowest BCUT2D eigenvalue weighted by Crippen LogP contribution is -2.36. The Morgan fingerprint density at radius 1 is 0.825 bits per heavy atom. The van der Waals surface area contributed by atoms with Crippen LogP contribution in [0.15, 0.2) is 115 Å². The number of carbonyl (C=O) groups is 1. The van der Waals surface area contributed by atoms with Gasteiger partial charge in [0.05, 0.1) is 21.7 Å². The fourth-order valence-electron chi connectivity index (χ4n) is 4.84. The summed E-state index contributed by atoms with van der Waals surface area (Å²) in [5.41, 5.74) is 3.12. The summed E-state index contributed by atoms with van der Waals surface area (Å²) in [4.78, 5) is 23.8. The molecule has 0 saturated carbocycles. The highest BCUT2D eigenvalue weighted by atomic mass is 32.2. The first-order chi connectivity index (χ1) is 19.3. The van der Waals surface area contributed by atoms with Gasteiger partial charge in [-0.1, -0.05) is 105 Å². The van der Waals surface area contributed by atoms with Crippen molar-refractivity contribution < 1.29 is 19.6 Å². The molecule has 1 N–H and O–H groups in total. The minimum absolute atomic E-state index is 0.0889. The summed E-state index contributed by atoms with van der Waals surface area (Å²) in [5, 5.41) is 22.5. The van der Waals surface area contributed by atoms with Crippen molar-refractivity contribution in [1.29, 1.82) is 0 Å². The predicted molar refractivity (Wildman–Crippen MR) is 159 cm³/mol. The van der Waals surface area contributed by atoms with Gasteiger partial charge < -0.3 is 9.84 Å². The minimum Gasteiger partial charge on any atom is -0.426 e. The molecule has 0 fully saturated rings. The summed E-state index contributed by atoms with van der Waals surface area (Å²) in [7, 11) is 0. The number of non-ortho nitro benzene ring substituents is 1. The van der Waals surface area contributed by atoms with E-state index in [0.717, 1.165) is 16.7 Å². The number of nitro groups is 1. The summed E-state index contributed by atoms with van der Waals surface area (Å²) < 4.78 is 4.96. The fraction of sp³-hybridized carbons (Fsp3) is 0.242. The van der Waals surface area contributed by atoms with Gasteiger partial charge in [0.15, 0.2) is 0 Å². The molecule has 4 aromatic carbocycles. The normalized spacial score (nSPS) is 13.0. The van der Waals surface area contributed by atoms with Crippen LogP contribution >= 0.6 is 11.8 Å². The predicted octanol–water partition coefficient (Wildman–Crippen LogP) is 7.25. The number of hydrogen-bond donors (Lipinski definition) is 1. The second-order valence-corrected chi connectivity index (χ2v) is 11.3. The van der Waals surface area contributed by atoms with Crippen molar-refractivity contribution in [2.24, 2.45) is 11.8 Å². The minimum atomic E-state index is -0.992. The quantitative estimate of drug-likeness (QED) is 0.0651. The molecule has 0 bridgehead atoms. The summed E-state index contributed by atoms with van der Waals surface area (Å²) in [6.45, 7) is 3.99. The van der Waals surface area contributed by atoms with Crippen molar-refractivity contribution in [3.05, 3.63) is 142 Å². The van der Waals surface area contributed by atoms with Crippen LogP contribution in [-0.4, -0.2) is 27.9 Å². The number of carbonyl (C=O) groups excluding carboxylic acids is 1. The molecule has 0 aliphatic rings. The summed E-state index contributed by atoms with van der Waals surface area (Å²) in [6.07, 6.45) is -0.559. The van der Waals surface area contributed by atoms with Crippen LogP contribution in [0, 0.1) is 22.0 Å². The van der Waals surface area contributed by atoms with E-state index in [4.69, 9.17) is 4.74 Å². The van der Waals surface area contributed by atoms with Crippen molar-refractivity contribution in [2.75, 3.05) is 5.75 Å². The molecule has 2 atom stereocenters. The number of ether oxygens (including phenoxy) is 1. The van der Waals surface area contributed by atoms with E-state index in [1.54, 1.807) is 11.8 Å². The van der Waals surface area contributed by atoms with E-state index in [-0.39, 0.29) is 23.1 Å². The van der Waals surface area contributed by atoms with Gasteiger partial charge in [0.1, 0.15) is 5.75 Å². The number of hydrogen-bond acceptors (Lipinski definition) is 6. The smallest absolute Gasteiger partial charge is 0.317 e. The number of rotatable bonds is 12. The van der Waals surface area contributed by atoms with Gasteiger partial charge in [-0.2, -0.15) is 0 Å². The van der Waals surface area contributed by atoms with E-state index in [1.165, 1.54) is 24.3 Å². The zero-order chi connectivity index (χ0) is 28.5. The maximum atomic E-state index is 13.3. The maximum Gasteiger partial charge on any atom is 0.317 e. The molecule has 0 amide bonds. The third kappa shape index (κ3) is 6.79. The van der Waals surface area contributed by atoms with Gasteiger partial charge in [-0.3, -0.25) is 14.9 Å². The van der Waals surface area contributed by atoms with E-state index in [0.29, 0.717) is 6.42 Å². The Hall–Kier alpha value is -3.94. The van der Waals surface area contributed by atoms with Crippen LogP contribution in [0.4, 0.5) is 5.69 Å². The van der Waals surface area contributed by atoms with E-state index < -0.39 is 27.7 Å². The van der Waals surface area contributed by atoms with Gasteiger partial charge >= 0.3 is 5.97 Å². The van der Waals surface area contributed by atoms with Crippen molar-refractivity contribution in [3.8, 4) is 5.75 Å². The van der Waals surface area contributed by atoms with E-state index in [9.17, 15) is 20.0 Å². The molecular formula is C33H33NO5S. The van der Waals surface area contributed by atoms with Crippen molar-refractivity contribution in [3.63, 3.8) is 0 Å². The second kappa shape index (κ2) is 13.4. The molecule has 2 unspecified atom stereocenters. The third-order valence-electron chi connectivity index (χ3n) is 6.77. The van der Waals surface area contributed by atoms with Crippen LogP contribution in [0.25, 0.3) is 0 Å². The summed E-state index contributed by atoms with van der Waals surface area (Å²) in [6, 6.07) is 35.9. The SMILES string of the molecule is CC(C)CC(C(=O)Oc1ccc([N+](=O)[O-])cc1)C(O)CSC(c1ccccc1)(c1ccccc1)c1ccccc1. The third-order valence-corrected chi connectivity index (χ3v) is 8.42. The molecule has 0 spiro atoms. The first-order valence-electron chi connectivity index (χ1n) is 13.3. The highest BCUT2D eigenvalue weighted by Gasteiger charge is 2.39. The Morgan fingerprint density at radius 2 is 1.27 bits per heavy atom. The van der Waals surface area contributed by atoms with E-state index >= 15 is 0 Å². The zero-order valence-electron chi connectivity index (χ0n) is 22.6. The Kier molecular flexibility index (Phi) is 9.74. The van der Waals surface area contributed by atoms with E-state index in [1.807, 2.05) is 68.4 Å². The molecule has 0 saturated heterocycles. The number of thioether (sulfide) groups is 1. The standard InChI is InChI=1S/C33H33NO5S/c1-24(2)22-30(32(36)39-29-20-18-28(19-21-29)34(37)38)31(35)23-40-33(25-12-6-3-7-13-25,26-14-8-4-9-15-26)27-16-10-5-11-17-27/h3-21,24,30-31,35H,22-23H2,1-2H3. The molecule has 0 aromatic heterocycles. The second-order valence-electron chi connectivity index (χ2n) is 10.1. The molecule has 7 heteroatoms. The zero-order valence-corrected chi connectivity index (χ0v) is 23.4. The van der Waals surface area contributed by atoms with Crippen LogP contribution in [0.3, 0.4) is 0 Å². The molecule has 0 radical (unpaired) electrons. The lowest BCUT2D eigenvalue weighted by Gasteiger charge is -2.36. The number of esters is 1. The van der Waals surface area contributed by atoms with Crippen LogP contribution in [0.5, 0.6) is 5.75 Å². The Labute approximate surface area is 239 Å². The number of benzene rings is 4. The lowest BCUT2D eigenvalue weighted by atomic mass is 9.84. The van der Waals surface area contributed by atoms with Gasteiger partial charge in [0.2, 0.25) is 0 Å². The summed E-state index contributed by atoms with van der Waals surface area (Å²) >= 11 is 1.59. The molecule has 206 valence electrons. The van der Waals surface area contributed by atoms with Crippen LogP contribution in [0.1, 0.15) is 37.0 Å². The lowest BCUT2D eigenvalue weighted by molar-refractivity contribution is -0.384. The van der Waals surface area contributed by atoms with Crippen LogP contribution in [-0.2, 0) is 9.54 Å². The van der Waals surface area contributed by atoms with Crippen molar-refractivity contribution in [1.82, 2.24) is 0 Å². The monoisotopic (exact) mass is 555 g/mol. The van der Waals surface area contributed by atoms with Crippen LogP contribution in [0.2, 0.25) is 0 Å². The number of aliphatic hydroxyl groups is 1. The Bertz CT molecular complexity index is 1280. The van der Waals surface area contributed by atoms with Gasteiger partial charge in [0, 0.05) is 17.9 Å². The highest BCUT2D eigenvalue weighted by Crippen LogP contribution is 2.49. The van der Waals surface area contributed by atoms with Crippen molar-refractivity contribution in [2.45, 2.75) is 31.1 Å². The highest BCUT2D eigenvalue weighted by molar-refractivity contribution is 8.00. The first kappa shape index (κ1) is 29.1. The van der Waals surface area contributed by atoms with Crippen LogP contribution < -0.4 is 4.74 Å². The largest absolute Gasteiger partial charge is 0.426 e. The first-order valence-corrected chi connectivity index (χ1v) is 14.2. The molecule has 4 aromatic rings. The van der Waals surface area contributed by atoms with E-state index in [2.05, 4.69) is 36.4 Å². The maximum absolute atomic E-state index is 13.3.